The van der Waals surface area contributed by atoms with E-state index >= 15 is 0 Å². The molecule has 0 aliphatic rings. The molecule has 124 heavy (non-hydrogen) atoms. The number of fused-ring (bicyclic) bond motifs is 4. The molecule has 2 radical (unpaired) electrons. The van der Waals surface area contributed by atoms with Gasteiger partial charge in [-0.15, -0.1) is 20.5 Å². The minimum Gasteiger partial charge on any atom is -0.505 e. The first-order valence-electron chi connectivity index (χ1n) is 28.2. The summed E-state index contributed by atoms with van der Waals surface area (Å²) in [6, 6.07) is 8.46. The van der Waals surface area contributed by atoms with Gasteiger partial charge in [0.05, 0.1) is 32.5 Å². The van der Waals surface area contributed by atoms with E-state index in [1.54, 1.807) is 0 Å². The molecular formula is C52H34Cl2Cu2N14Na10O34S10+10. The van der Waals surface area contributed by atoms with Gasteiger partial charge in [-0.05, 0) is 107 Å². The molecule has 0 fully saturated rings. The monoisotopic (exact) mass is 2140 g/mol. The molecule has 2 heterocycles. The van der Waals surface area contributed by atoms with Crippen LogP contribution in [0.4, 0.5) is 69.3 Å². The van der Waals surface area contributed by atoms with Crippen molar-refractivity contribution in [1.29, 1.82) is 0 Å². The average molecular weight is 2150 g/mol. The number of halogens is 2. The van der Waals surface area contributed by atoms with Gasteiger partial charge >= 0.3 is 296 Å². The molecule has 0 atom stereocenters. The number of nitrogens with zero attached hydrogens (tertiary/aromatic N) is 10. The Balaban J connectivity index is 0. The van der Waals surface area contributed by atoms with Crippen LogP contribution in [0.25, 0.3) is 43.1 Å². The van der Waals surface area contributed by atoms with Gasteiger partial charge in [0.1, 0.15) is 61.9 Å². The zero-order valence-corrected chi connectivity index (χ0v) is 95.1. The van der Waals surface area contributed by atoms with Gasteiger partial charge in [-0.1, -0.05) is 24.3 Å². The molecule has 0 spiro atoms. The molecule has 48 nitrogen and oxygen atoms in total. The van der Waals surface area contributed by atoms with Gasteiger partial charge in [-0.2, -0.15) is 114 Å². The second-order valence-electron chi connectivity index (χ2n) is 22.1. The largest absolute Gasteiger partial charge is 1.00 e. The molecular weight excluding hydrogens is 2110 g/mol. The van der Waals surface area contributed by atoms with Gasteiger partial charge in [0.15, 0.2) is 23.0 Å². The Hall–Kier alpha value is 0.359. The first-order chi connectivity index (χ1) is 51.3. The Bertz CT molecular complexity index is 7030. The van der Waals surface area contributed by atoms with Crippen molar-refractivity contribution in [3.63, 3.8) is 0 Å². The van der Waals surface area contributed by atoms with Crippen molar-refractivity contribution in [2.75, 3.05) is 21.3 Å². The number of anilines is 8. The molecule has 0 bridgehead atoms. The predicted octanol–water partition coefficient (Wildman–Crippen LogP) is -22.9. The summed E-state index contributed by atoms with van der Waals surface area (Å²) in [4.78, 5) is 9.53. The molecule has 9 aromatic carbocycles. The summed E-state index contributed by atoms with van der Waals surface area (Å²) in [5.41, 5.74) is -9.28. The predicted molar refractivity (Wildman–Crippen MR) is 378 cm³/mol. The number of hydrogen-bond donors (Lipinski definition) is 18. The van der Waals surface area contributed by atoms with Crippen LogP contribution in [0.2, 0.25) is 10.6 Å². The third-order valence-corrected chi connectivity index (χ3v) is 24.0. The standard InChI is InChI=1S/C52H34Cl2N14O34S10.2Cu.10Na/c53-47-59-49(63-51(61-47)57-25-11-19(103(73,74)75)7-17-9-35(111(97,98)99)41(45(71)37(17)25)67-65-27-15-31(107(85,86)87)21-3-1-5-29(105(79,80)81)39(21)43(27)69)55-23-13-34(110(94,95)96)24(14-33(23)109(91,92)93)56-50-60-48(54)62-52(64-50)58-26-12-20(104(76,77)78)8-18-10-36(112(100,101)102)42(46(72)38(18)26)68-66-28-16-32(108(88,89)90)22-4-2-6-30(106(82,83)84)40(22)44(28)70;;;;;;;;;;;;/h1-16,69-72H,(H,73,74,75)(H,76,77,78)(H,79,80,81)(H,82,83,84)(H,85,86,87)(H,88,89,90)(H,91,92,93)(H,94,95,96)(H,97,98,99)(H,100,101,102)(H2,55,57,59,61,63)(H2,56,58,60,62,64);;;;;;;;;;;;/q;;;10*+1. The molecule has 11 aromatic rings. The van der Waals surface area contributed by atoms with Crippen LogP contribution >= 0.6 is 23.2 Å². The van der Waals surface area contributed by atoms with Gasteiger partial charge in [-0.25, -0.2) is 0 Å². The molecule has 2 aromatic heterocycles. The van der Waals surface area contributed by atoms with Crippen LogP contribution in [0.3, 0.4) is 0 Å². The summed E-state index contributed by atoms with van der Waals surface area (Å²) in [5.74, 6) is -9.81. The van der Waals surface area contributed by atoms with E-state index in [1.807, 2.05) is 0 Å². The van der Waals surface area contributed by atoms with Crippen molar-refractivity contribution in [2.24, 2.45) is 20.5 Å². The number of phenolic OH excluding ortho intramolecular Hbond substituents is 4. The van der Waals surface area contributed by atoms with E-state index in [0.717, 1.165) is 24.3 Å². The topological polar surface area (TPSA) is 800 Å². The Labute approximate surface area is 950 Å². The molecule has 0 aliphatic heterocycles. The van der Waals surface area contributed by atoms with Crippen LogP contribution in [-0.4, -0.2) is 180 Å². The zero-order valence-electron chi connectivity index (χ0n) is 63.6. The maximum absolute atomic E-state index is 13.2. The molecule has 0 amide bonds. The number of phenols is 4. The summed E-state index contributed by atoms with van der Waals surface area (Å²) in [6.07, 6.45) is 0. The van der Waals surface area contributed by atoms with Crippen molar-refractivity contribution < 1.29 is 480 Å². The minimum absolute atomic E-state index is 0. The fraction of sp³-hybridized carbons (Fsp3) is 0. The van der Waals surface area contributed by atoms with Crippen molar-refractivity contribution in [3.05, 3.63) is 108 Å². The Morgan fingerprint density at radius 2 is 0.524 bits per heavy atom. The molecule has 11 rings (SSSR count). The van der Waals surface area contributed by atoms with Crippen molar-refractivity contribution in [3.8, 4) is 23.0 Å². The summed E-state index contributed by atoms with van der Waals surface area (Å²) >= 11 is 12.4. The average Bonchev–Trinajstić information content (AvgIpc) is 0.751. The second kappa shape index (κ2) is 46.9. The Morgan fingerprint density at radius 1 is 0.266 bits per heavy atom. The smallest absolute Gasteiger partial charge is 0.505 e. The van der Waals surface area contributed by atoms with Crippen LogP contribution in [0.5, 0.6) is 23.0 Å². The van der Waals surface area contributed by atoms with Crippen molar-refractivity contribution >= 4 is 237 Å². The van der Waals surface area contributed by atoms with E-state index in [4.69, 9.17) is 23.2 Å². The van der Waals surface area contributed by atoms with Crippen LogP contribution in [0.15, 0.2) is 166 Å². The van der Waals surface area contributed by atoms with Gasteiger partial charge in [0.25, 0.3) is 101 Å². The van der Waals surface area contributed by atoms with Crippen LogP contribution in [0.1, 0.15) is 0 Å². The third-order valence-electron chi connectivity index (χ3n) is 14.9. The number of aromatic nitrogens is 6. The quantitative estimate of drug-likeness (QED) is 0.0170. The fourth-order valence-electron chi connectivity index (χ4n) is 10.6. The number of hydrogen-bond acceptors (Lipinski definition) is 38. The summed E-state index contributed by atoms with van der Waals surface area (Å²) in [6.45, 7) is 0. The molecule has 0 unspecified atom stereocenters. The van der Waals surface area contributed by atoms with E-state index in [2.05, 4.69) is 71.6 Å². The van der Waals surface area contributed by atoms with Crippen LogP contribution in [-0.2, 0) is 135 Å². The second-order valence-corrected chi connectivity index (χ2v) is 36.8. The molecule has 0 aliphatic carbocycles. The fourth-order valence-corrected chi connectivity index (χ4v) is 17.4. The van der Waals surface area contributed by atoms with E-state index in [-0.39, 0.29) is 342 Å². The normalized spacial score (nSPS) is 12.0. The van der Waals surface area contributed by atoms with E-state index in [9.17, 15) is 150 Å². The van der Waals surface area contributed by atoms with Crippen LogP contribution in [0, 0.1) is 0 Å². The first-order valence-corrected chi connectivity index (χ1v) is 43.4. The number of benzene rings is 9. The summed E-state index contributed by atoms with van der Waals surface area (Å²) < 4.78 is 358. The Kier molecular flexibility index (Phi) is 47.8. The van der Waals surface area contributed by atoms with Gasteiger partial charge in [0, 0.05) is 66.5 Å². The van der Waals surface area contributed by atoms with Gasteiger partial charge in [-0.3, -0.25) is 45.5 Å². The van der Waals surface area contributed by atoms with Crippen LogP contribution < -0.4 is 317 Å². The minimum atomic E-state index is -5.78. The van der Waals surface area contributed by atoms with Crippen molar-refractivity contribution in [2.45, 2.75) is 49.0 Å². The summed E-state index contributed by atoms with van der Waals surface area (Å²) in [7, 11) is -55.6. The first kappa shape index (κ1) is 126. The third kappa shape index (κ3) is 28.8. The van der Waals surface area contributed by atoms with Crippen molar-refractivity contribution in [1.82, 2.24) is 29.9 Å². The number of aromatic hydroxyl groups is 4. The van der Waals surface area contributed by atoms with E-state index in [0.29, 0.717) is 60.7 Å². The Morgan fingerprint density at radius 3 is 0.774 bits per heavy atom. The number of nitrogens with one attached hydrogen (secondary N) is 4. The maximum atomic E-state index is 13.2. The van der Waals surface area contributed by atoms with E-state index in [1.165, 1.54) is 0 Å². The number of azo groups is 2. The molecule has 0 saturated heterocycles. The van der Waals surface area contributed by atoms with Gasteiger partial charge in [0.2, 0.25) is 34.4 Å². The molecule has 0 saturated carbocycles. The number of rotatable bonds is 22. The SMILES string of the molecule is O=S(=O)(O)c1cc(Nc2nc(Cl)nc(Nc3cc(S(=O)(=O)O)c(Nc4nc(Cl)nc(Nc5cc(S(=O)(=O)O)cc6cc(S(=O)(=O)O)c(N=Nc7cc(S(=O)(=O)O)c8cccc(S(=O)(=O)O)c8c7O)c(O)c56)n4)cc3S(=O)(=O)O)n2)c2c(O)c(N=Nc3cc(S(=O)(=O)O)c4cccc(S(=O)(=O)O)c4c3O)c(S(=O)(=O)O)cc2c1.[Cu].[Cu].[Na+].[Na+].[Na+].[Na+].[Na+].[Na+].[Na+].[Na+].[Na+].[Na+]. The summed E-state index contributed by atoms with van der Waals surface area (Å²) in [5, 5.41) is 60.2. The zero-order chi connectivity index (χ0) is 83.0. The van der Waals surface area contributed by atoms with Gasteiger partial charge < -0.3 is 41.7 Å². The molecule has 72 heteroatoms. The van der Waals surface area contributed by atoms with E-state index < -0.39 is 296 Å². The maximum Gasteiger partial charge on any atom is 1.00 e. The molecule has 612 valence electrons. The molecule has 18 N–H and O–H groups in total.